The maximum Gasteiger partial charge on any atom is 0.317 e. The Morgan fingerprint density at radius 3 is 2.71 bits per heavy atom. The Morgan fingerprint density at radius 2 is 2.04 bits per heavy atom. The maximum atomic E-state index is 12.2. The number of anilines is 1. The molecule has 2 fully saturated rings. The van der Waals surface area contributed by atoms with E-state index in [0.29, 0.717) is 73.0 Å². The van der Waals surface area contributed by atoms with Crippen LogP contribution in [-0.2, 0) is 0 Å². The van der Waals surface area contributed by atoms with Crippen molar-refractivity contribution in [3.8, 4) is 0 Å². The SMILES string of the molecule is [2H]c1c([2H])c(C)c(Cl)c(N2CCN(CC([2H])([2H])[C@H]3CC[C@H](NC(=O)N(C)C([2H])([2H])[2H])CC3)CC2)c1[2H]. The van der Waals surface area contributed by atoms with Crippen LogP contribution in [-0.4, -0.2) is 68.6 Å². The van der Waals surface area contributed by atoms with Crippen molar-refractivity contribution in [2.75, 3.05) is 51.6 Å². The van der Waals surface area contributed by atoms with Gasteiger partial charge in [-0.05, 0) is 63.0 Å². The van der Waals surface area contributed by atoms with Crippen molar-refractivity contribution in [1.29, 1.82) is 0 Å². The molecule has 1 saturated carbocycles. The van der Waals surface area contributed by atoms with Gasteiger partial charge in [0.2, 0.25) is 0 Å². The molecule has 3 rings (SSSR count). The number of benzene rings is 1. The first-order chi connectivity index (χ1) is 16.6. The summed E-state index contributed by atoms with van der Waals surface area (Å²) in [5, 5.41) is 3.09. The van der Waals surface area contributed by atoms with Crippen LogP contribution < -0.4 is 10.2 Å². The molecule has 28 heavy (non-hydrogen) atoms. The molecule has 1 saturated heterocycles. The molecule has 156 valence electrons. The fourth-order valence-corrected chi connectivity index (χ4v) is 4.00. The van der Waals surface area contributed by atoms with Crippen LogP contribution in [0.1, 0.15) is 48.6 Å². The molecule has 0 spiro atoms. The summed E-state index contributed by atoms with van der Waals surface area (Å²) in [6.07, 6.45) is 1.01. The molecule has 1 aliphatic carbocycles. The molecule has 6 heteroatoms. The van der Waals surface area contributed by atoms with Crippen molar-refractivity contribution in [2.45, 2.75) is 45.0 Å². The molecule has 1 N–H and O–H groups in total. The number of carbonyl (C=O) groups is 1. The molecule has 5 nitrogen and oxygen atoms in total. The van der Waals surface area contributed by atoms with Crippen LogP contribution in [0.25, 0.3) is 0 Å². The largest absolute Gasteiger partial charge is 0.368 e. The standard InChI is InChI=1S/C22H35ClN4O/c1-17-5-4-6-20(21(17)23)27-15-13-26(14-16-27)12-11-18-7-9-19(10-8-18)24-22(28)25(2)3/h4-6,18-19H,7-16H2,1-3H3,(H,24,28)/t18-,19-/i2D3,4D,5D,6D,11D2. The highest BCUT2D eigenvalue weighted by Gasteiger charge is 2.24. The van der Waals surface area contributed by atoms with Crippen LogP contribution in [0, 0.1) is 12.8 Å². The summed E-state index contributed by atoms with van der Waals surface area (Å²) in [7, 11) is 1.24. The highest BCUT2D eigenvalue weighted by molar-refractivity contribution is 6.34. The Kier molecular flexibility index (Phi) is 4.56. The van der Waals surface area contributed by atoms with Gasteiger partial charge in [-0.3, -0.25) is 4.90 Å². The van der Waals surface area contributed by atoms with E-state index in [9.17, 15) is 4.79 Å². The smallest absolute Gasteiger partial charge is 0.317 e. The number of hydrogen-bond donors (Lipinski definition) is 1. The second-order valence-corrected chi connectivity index (χ2v) is 8.06. The molecular formula is C22H35ClN4O. The molecule has 2 amide bonds. The molecular weight excluding hydrogens is 372 g/mol. The number of hydrogen-bond acceptors (Lipinski definition) is 3. The van der Waals surface area contributed by atoms with Crippen LogP contribution in [0.15, 0.2) is 18.1 Å². The summed E-state index contributed by atoms with van der Waals surface area (Å²) >= 11 is 6.44. The molecule has 0 unspecified atom stereocenters. The predicted molar refractivity (Wildman–Crippen MR) is 117 cm³/mol. The first-order valence-corrected chi connectivity index (χ1v) is 10.3. The normalized spacial score (nSPS) is 28.6. The molecule has 1 aromatic rings. The number of nitrogens with one attached hydrogen (secondary N) is 1. The van der Waals surface area contributed by atoms with Gasteiger partial charge in [-0.2, -0.15) is 0 Å². The fraction of sp³-hybridized carbons (Fsp3) is 0.682. The highest BCUT2D eigenvalue weighted by atomic mass is 35.5. The van der Waals surface area contributed by atoms with E-state index in [1.807, 2.05) is 4.90 Å². The van der Waals surface area contributed by atoms with Gasteiger partial charge in [0.25, 0.3) is 0 Å². The molecule has 1 aliphatic heterocycles. The Bertz CT molecular complexity index is 931. The number of carbonyl (C=O) groups excluding carboxylic acids is 1. The number of rotatable bonds is 5. The van der Waals surface area contributed by atoms with Crippen molar-refractivity contribution in [2.24, 2.45) is 5.92 Å². The van der Waals surface area contributed by atoms with Crippen molar-refractivity contribution < 1.29 is 15.8 Å². The van der Waals surface area contributed by atoms with E-state index < -0.39 is 19.4 Å². The lowest BCUT2D eigenvalue weighted by atomic mass is 9.84. The predicted octanol–water partition coefficient (Wildman–Crippen LogP) is 3.99. The van der Waals surface area contributed by atoms with E-state index in [2.05, 4.69) is 10.2 Å². The first kappa shape index (κ1) is 13.0. The summed E-state index contributed by atoms with van der Waals surface area (Å²) in [5.41, 5.74) is 0.964. The van der Waals surface area contributed by atoms with Crippen molar-refractivity contribution in [3.05, 3.63) is 28.7 Å². The van der Waals surface area contributed by atoms with Gasteiger partial charge in [0.1, 0.15) is 0 Å². The van der Waals surface area contributed by atoms with Crippen molar-refractivity contribution in [1.82, 2.24) is 15.1 Å². The molecule has 0 radical (unpaired) electrons. The van der Waals surface area contributed by atoms with Gasteiger partial charge in [-0.15, -0.1) is 0 Å². The van der Waals surface area contributed by atoms with Crippen LogP contribution in [0.5, 0.6) is 0 Å². The number of nitrogens with zero attached hydrogens (tertiary/aromatic N) is 3. The van der Waals surface area contributed by atoms with Gasteiger partial charge >= 0.3 is 6.03 Å². The zero-order valence-corrected chi connectivity index (χ0v) is 17.4. The highest BCUT2D eigenvalue weighted by Crippen LogP contribution is 2.30. The van der Waals surface area contributed by atoms with E-state index in [0.717, 1.165) is 0 Å². The second kappa shape index (κ2) is 9.84. The molecule has 1 aromatic carbocycles. The molecule has 2 aliphatic rings. The third kappa shape index (κ3) is 5.54. The lowest BCUT2D eigenvalue weighted by Crippen LogP contribution is -2.47. The topological polar surface area (TPSA) is 38.8 Å². The van der Waals surface area contributed by atoms with E-state index in [4.69, 9.17) is 22.6 Å². The summed E-state index contributed by atoms with van der Waals surface area (Å²) in [6, 6.07) is -1.02. The summed E-state index contributed by atoms with van der Waals surface area (Å²) < 4.78 is 63.7. The summed E-state index contributed by atoms with van der Waals surface area (Å²) in [4.78, 5) is 16.9. The number of halogens is 1. The minimum Gasteiger partial charge on any atom is -0.368 e. The fourth-order valence-electron chi connectivity index (χ4n) is 3.79. The Balaban J connectivity index is 1.52. The van der Waals surface area contributed by atoms with Gasteiger partial charge in [-0.1, -0.05) is 23.7 Å². The third-order valence-corrected chi connectivity index (χ3v) is 6.08. The van der Waals surface area contributed by atoms with Gasteiger partial charge < -0.3 is 15.1 Å². The van der Waals surface area contributed by atoms with Crippen molar-refractivity contribution >= 4 is 23.3 Å². The molecule has 0 atom stereocenters. The quantitative estimate of drug-likeness (QED) is 0.791. The molecule has 0 bridgehead atoms. The average Bonchev–Trinajstić information content (AvgIpc) is 2.81. The van der Waals surface area contributed by atoms with E-state index >= 15 is 0 Å². The van der Waals surface area contributed by atoms with E-state index in [-0.39, 0.29) is 36.6 Å². The molecule has 0 aromatic heterocycles. The van der Waals surface area contributed by atoms with Gasteiger partial charge in [0.05, 0.1) is 14.8 Å². The number of amides is 2. The Morgan fingerprint density at radius 1 is 1.32 bits per heavy atom. The Labute approximate surface area is 186 Å². The van der Waals surface area contributed by atoms with Gasteiger partial charge in [0, 0.05) is 53.1 Å². The van der Waals surface area contributed by atoms with Crippen LogP contribution in [0.3, 0.4) is 0 Å². The van der Waals surface area contributed by atoms with Gasteiger partial charge in [-0.25, -0.2) is 4.79 Å². The zero-order valence-electron chi connectivity index (χ0n) is 24.6. The van der Waals surface area contributed by atoms with Crippen LogP contribution in [0.2, 0.25) is 5.02 Å². The average molecular weight is 415 g/mol. The maximum absolute atomic E-state index is 12.2. The monoisotopic (exact) mass is 414 g/mol. The second-order valence-electron chi connectivity index (χ2n) is 7.69. The van der Waals surface area contributed by atoms with Crippen LogP contribution >= 0.6 is 11.6 Å². The van der Waals surface area contributed by atoms with Crippen molar-refractivity contribution in [3.63, 3.8) is 0 Å². The first-order valence-electron chi connectivity index (χ1n) is 13.9. The third-order valence-electron chi connectivity index (χ3n) is 5.62. The zero-order chi connectivity index (χ0) is 27.0. The van der Waals surface area contributed by atoms with Crippen LogP contribution in [0.4, 0.5) is 10.5 Å². The van der Waals surface area contributed by atoms with E-state index in [1.165, 1.54) is 7.05 Å². The lowest BCUT2D eigenvalue weighted by Gasteiger charge is -2.37. The molecule has 1 heterocycles. The van der Waals surface area contributed by atoms with Gasteiger partial charge in [0.15, 0.2) is 0 Å². The summed E-state index contributed by atoms with van der Waals surface area (Å²) in [6.45, 7) is 1.75. The van der Waals surface area contributed by atoms with E-state index in [1.54, 1.807) is 6.92 Å². The number of urea groups is 1. The minimum absolute atomic E-state index is 0.0285. The minimum atomic E-state index is -2.50. The summed E-state index contributed by atoms with van der Waals surface area (Å²) in [5.74, 6) is -0.156. The Hall–Kier alpha value is -1.46. The number of piperazine rings is 1. The lowest BCUT2D eigenvalue weighted by molar-refractivity contribution is 0.194.